The second kappa shape index (κ2) is 3.14. The highest BCUT2D eigenvalue weighted by atomic mass is 32.2. The second-order valence-electron chi connectivity index (χ2n) is 3.62. The van der Waals surface area contributed by atoms with Crippen molar-refractivity contribution in [3.05, 3.63) is 0 Å². The van der Waals surface area contributed by atoms with Crippen molar-refractivity contribution in [2.24, 2.45) is 5.41 Å². The molecule has 1 rings (SSSR count). The predicted octanol–water partition coefficient (Wildman–Crippen LogP) is 1.90. The minimum Gasteiger partial charge on any atom is -0.393 e. The van der Waals surface area contributed by atoms with Gasteiger partial charge in [0.05, 0.1) is 6.10 Å². The Kier molecular flexibility index (Phi) is 2.64. The van der Waals surface area contributed by atoms with Crippen molar-refractivity contribution in [3.8, 4) is 0 Å². The molecule has 60 valence electrons. The highest BCUT2D eigenvalue weighted by Crippen LogP contribution is 2.43. The van der Waals surface area contributed by atoms with Gasteiger partial charge < -0.3 is 5.11 Å². The van der Waals surface area contributed by atoms with E-state index in [2.05, 4.69) is 13.2 Å². The third kappa shape index (κ3) is 1.89. The van der Waals surface area contributed by atoms with Crippen molar-refractivity contribution < 1.29 is 5.11 Å². The molecule has 1 N–H and O–H groups in total. The Bertz CT molecular complexity index is 108. The van der Waals surface area contributed by atoms with Crippen LogP contribution in [0.2, 0.25) is 0 Å². The molecule has 1 aliphatic carbocycles. The third-order valence-electron chi connectivity index (χ3n) is 2.37. The molecule has 1 fully saturated rings. The molecule has 0 unspecified atom stereocenters. The summed E-state index contributed by atoms with van der Waals surface area (Å²) in [7, 11) is 0. The molecule has 2 heteroatoms. The van der Waals surface area contributed by atoms with Gasteiger partial charge in [-0.1, -0.05) is 6.92 Å². The second-order valence-corrected chi connectivity index (χ2v) is 4.60. The summed E-state index contributed by atoms with van der Waals surface area (Å²) < 4.78 is 0. The minimum absolute atomic E-state index is 0.00635. The number of hydrogen-bond donors (Lipinski definition) is 1. The number of aliphatic hydroxyl groups is 1. The van der Waals surface area contributed by atoms with Crippen LogP contribution in [0.25, 0.3) is 0 Å². The van der Waals surface area contributed by atoms with Crippen molar-refractivity contribution in [3.63, 3.8) is 0 Å². The number of aliphatic hydroxyl groups excluding tert-OH is 1. The van der Waals surface area contributed by atoms with Crippen LogP contribution in [0.4, 0.5) is 0 Å². The molecule has 1 nitrogen and oxygen atoms in total. The molecule has 0 atom stereocenters. The molecule has 0 radical (unpaired) electrons. The number of rotatable bonds is 3. The standard InChI is InChI=1S/C8H16OS/c1-8(3-4-10-2)5-7(9)6-8/h7,9H,3-6H2,1-2H3. The molecule has 1 aliphatic rings. The van der Waals surface area contributed by atoms with E-state index >= 15 is 0 Å². The monoisotopic (exact) mass is 160 g/mol. The topological polar surface area (TPSA) is 20.2 Å². The maximum absolute atomic E-state index is 9.08. The Labute approximate surface area is 67.2 Å². The molecular weight excluding hydrogens is 144 g/mol. The summed E-state index contributed by atoms with van der Waals surface area (Å²) in [6, 6.07) is 0. The fourth-order valence-corrected chi connectivity index (χ4v) is 2.33. The van der Waals surface area contributed by atoms with E-state index < -0.39 is 0 Å². The Morgan fingerprint density at radius 3 is 2.60 bits per heavy atom. The van der Waals surface area contributed by atoms with E-state index in [1.54, 1.807) is 0 Å². The average molecular weight is 160 g/mol. The number of hydrogen-bond acceptors (Lipinski definition) is 2. The Morgan fingerprint density at radius 2 is 2.20 bits per heavy atom. The summed E-state index contributed by atoms with van der Waals surface area (Å²) in [4.78, 5) is 0. The highest BCUT2D eigenvalue weighted by Gasteiger charge is 2.38. The van der Waals surface area contributed by atoms with Gasteiger partial charge in [0, 0.05) is 0 Å². The first-order valence-electron chi connectivity index (χ1n) is 3.83. The summed E-state index contributed by atoms with van der Waals surface area (Å²) in [6.45, 7) is 2.27. The van der Waals surface area contributed by atoms with Gasteiger partial charge in [-0.3, -0.25) is 0 Å². The molecule has 1 saturated carbocycles. The Hall–Kier alpha value is 0.310. The van der Waals surface area contributed by atoms with Gasteiger partial charge in [0.2, 0.25) is 0 Å². The van der Waals surface area contributed by atoms with Gasteiger partial charge in [-0.05, 0) is 36.7 Å². The summed E-state index contributed by atoms with van der Waals surface area (Å²) >= 11 is 1.90. The lowest BCUT2D eigenvalue weighted by Crippen LogP contribution is -2.38. The molecule has 10 heavy (non-hydrogen) atoms. The van der Waals surface area contributed by atoms with Gasteiger partial charge in [-0.2, -0.15) is 11.8 Å². The van der Waals surface area contributed by atoms with Crippen LogP contribution < -0.4 is 0 Å². The fraction of sp³-hybridized carbons (Fsp3) is 1.00. The largest absolute Gasteiger partial charge is 0.393 e. The zero-order chi connectivity index (χ0) is 7.61. The summed E-state index contributed by atoms with van der Waals surface area (Å²) in [5.41, 5.74) is 0.475. The lowest BCUT2D eigenvalue weighted by Gasteiger charge is -2.42. The Balaban J connectivity index is 2.15. The maximum atomic E-state index is 9.08. The first kappa shape index (κ1) is 8.41. The van der Waals surface area contributed by atoms with Crippen LogP contribution in [0.1, 0.15) is 26.2 Å². The molecule has 0 aliphatic heterocycles. The highest BCUT2D eigenvalue weighted by molar-refractivity contribution is 7.98. The van der Waals surface area contributed by atoms with Crippen LogP contribution in [0.5, 0.6) is 0 Å². The third-order valence-corrected chi connectivity index (χ3v) is 2.98. The van der Waals surface area contributed by atoms with Crippen LogP contribution in [0.3, 0.4) is 0 Å². The van der Waals surface area contributed by atoms with Gasteiger partial charge in [0.25, 0.3) is 0 Å². The van der Waals surface area contributed by atoms with Gasteiger partial charge in [0.1, 0.15) is 0 Å². The average Bonchev–Trinajstić information content (AvgIpc) is 1.81. The van der Waals surface area contributed by atoms with E-state index in [9.17, 15) is 0 Å². The SMILES string of the molecule is CSCCC1(C)CC(O)C1. The van der Waals surface area contributed by atoms with Gasteiger partial charge in [0.15, 0.2) is 0 Å². The van der Waals surface area contributed by atoms with E-state index in [4.69, 9.17) is 5.11 Å². The zero-order valence-corrected chi connectivity index (χ0v) is 7.58. The van der Waals surface area contributed by atoms with Crippen LogP contribution in [-0.2, 0) is 0 Å². The normalized spacial score (nSPS) is 39.3. The maximum Gasteiger partial charge on any atom is 0.0550 e. The smallest absolute Gasteiger partial charge is 0.0550 e. The van der Waals surface area contributed by atoms with Crippen molar-refractivity contribution in [2.75, 3.05) is 12.0 Å². The van der Waals surface area contributed by atoms with E-state index in [0.29, 0.717) is 5.41 Å². The van der Waals surface area contributed by atoms with Crippen molar-refractivity contribution in [1.29, 1.82) is 0 Å². The quantitative estimate of drug-likeness (QED) is 0.680. The summed E-state index contributed by atoms with van der Waals surface area (Å²) in [6.07, 6.45) is 5.46. The summed E-state index contributed by atoms with van der Waals surface area (Å²) in [5.74, 6) is 1.24. The molecule has 0 bridgehead atoms. The van der Waals surface area contributed by atoms with E-state index in [1.165, 1.54) is 12.2 Å². The molecule has 0 aromatic heterocycles. The minimum atomic E-state index is 0.00635. The molecular formula is C8H16OS. The first-order valence-corrected chi connectivity index (χ1v) is 5.23. The van der Waals surface area contributed by atoms with Crippen LogP contribution in [0.15, 0.2) is 0 Å². The zero-order valence-electron chi connectivity index (χ0n) is 6.76. The lowest BCUT2D eigenvalue weighted by molar-refractivity contribution is -0.0214. The van der Waals surface area contributed by atoms with E-state index in [0.717, 1.165) is 12.8 Å². The first-order chi connectivity index (χ1) is 4.66. The number of thioether (sulfide) groups is 1. The van der Waals surface area contributed by atoms with Gasteiger partial charge in [-0.15, -0.1) is 0 Å². The van der Waals surface area contributed by atoms with Crippen molar-refractivity contribution in [2.45, 2.75) is 32.3 Å². The molecule has 0 amide bonds. The molecule has 0 saturated heterocycles. The van der Waals surface area contributed by atoms with Crippen LogP contribution in [-0.4, -0.2) is 23.2 Å². The van der Waals surface area contributed by atoms with Crippen LogP contribution >= 0.6 is 11.8 Å². The van der Waals surface area contributed by atoms with Crippen LogP contribution in [0, 0.1) is 5.41 Å². The molecule has 0 aromatic carbocycles. The fourth-order valence-electron chi connectivity index (χ4n) is 1.63. The molecule has 0 heterocycles. The van der Waals surface area contributed by atoms with Crippen molar-refractivity contribution in [1.82, 2.24) is 0 Å². The van der Waals surface area contributed by atoms with E-state index in [1.807, 2.05) is 11.8 Å². The lowest BCUT2D eigenvalue weighted by atomic mass is 9.67. The van der Waals surface area contributed by atoms with Gasteiger partial charge in [-0.25, -0.2) is 0 Å². The molecule has 0 aromatic rings. The summed E-state index contributed by atoms with van der Waals surface area (Å²) in [5, 5.41) is 9.08. The van der Waals surface area contributed by atoms with Crippen molar-refractivity contribution >= 4 is 11.8 Å². The van der Waals surface area contributed by atoms with Gasteiger partial charge >= 0.3 is 0 Å². The van der Waals surface area contributed by atoms with E-state index in [-0.39, 0.29) is 6.10 Å². The molecule has 0 spiro atoms. The Morgan fingerprint density at radius 1 is 1.60 bits per heavy atom. The predicted molar refractivity (Wildman–Crippen MR) is 46.3 cm³/mol.